The first-order chi connectivity index (χ1) is 14.2. The zero-order valence-corrected chi connectivity index (χ0v) is 18.3. The average Bonchev–Trinajstić information content (AvgIpc) is 3.00. The fourth-order valence-corrected chi connectivity index (χ4v) is 6.70. The van der Waals surface area contributed by atoms with E-state index in [-0.39, 0.29) is 22.8 Å². The molecule has 4 rings (SSSR count). The molecule has 2 aromatic carbocycles. The number of halogens is 1. The van der Waals surface area contributed by atoms with Gasteiger partial charge in [0.05, 0.1) is 16.3 Å². The first-order valence-corrected chi connectivity index (χ1v) is 12.8. The van der Waals surface area contributed by atoms with E-state index in [0.29, 0.717) is 31.2 Å². The third-order valence-corrected chi connectivity index (χ3v) is 9.04. The molecule has 2 saturated heterocycles. The Balaban J connectivity index is 1.49. The molecule has 0 saturated carbocycles. The number of hydrogen-bond donors (Lipinski definition) is 0. The summed E-state index contributed by atoms with van der Waals surface area (Å²) >= 11 is 6.04. The maximum atomic E-state index is 13.0. The van der Waals surface area contributed by atoms with Crippen molar-refractivity contribution in [3.05, 3.63) is 53.6 Å². The number of hydrogen-bond acceptors (Lipinski definition) is 6. The van der Waals surface area contributed by atoms with Crippen LogP contribution in [0.2, 0.25) is 5.02 Å². The van der Waals surface area contributed by atoms with E-state index in [1.807, 2.05) is 18.2 Å². The second-order valence-electron chi connectivity index (χ2n) is 7.09. The maximum Gasteiger partial charge on any atom is 0.243 e. The van der Waals surface area contributed by atoms with E-state index in [1.54, 1.807) is 6.07 Å². The lowest BCUT2D eigenvalue weighted by molar-refractivity contribution is -0.116. The third-order valence-electron chi connectivity index (χ3n) is 5.20. The molecule has 0 spiro atoms. The minimum absolute atomic E-state index is 0.0616. The van der Waals surface area contributed by atoms with E-state index in [9.17, 15) is 21.6 Å². The molecular weight excluding hydrogens is 450 g/mol. The van der Waals surface area contributed by atoms with Gasteiger partial charge in [-0.05, 0) is 42.5 Å². The van der Waals surface area contributed by atoms with E-state index in [4.69, 9.17) is 11.6 Å². The fourth-order valence-electron chi connectivity index (χ4n) is 3.63. The lowest BCUT2D eigenvalue weighted by atomic mass is 10.2. The summed E-state index contributed by atoms with van der Waals surface area (Å²) in [5, 5.41) is 0.626. The molecule has 0 atom stereocenters. The summed E-state index contributed by atoms with van der Waals surface area (Å²) in [6.45, 7) is 1.68. The highest BCUT2D eigenvalue weighted by atomic mass is 35.5. The Morgan fingerprint density at radius 3 is 2.13 bits per heavy atom. The summed E-state index contributed by atoms with van der Waals surface area (Å²) in [5.74, 6) is -0.745. The fraction of sp³-hybridized carbons (Fsp3) is 0.316. The molecule has 11 heteroatoms. The standard InChI is InChI=1S/C19H20ClN3O5S2/c20-15-2-1-3-17(14-15)21-9-11-22(12-10-21)30(27,28)18-6-4-16(5-7-18)23-19(24)8-13-29(23,25)26/h1-7,14H,8-13H2. The second-order valence-corrected chi connectivity index (χ2v) is 11.4. The van der Waals surface area contributed by atoms with Gasteiger partial charge in [-0.3, -0.25) is 4.79 Å². The summed E-state index contributed by atoms with van der Waals surface area (Å²) in [6, 6.07) is 12.8. The zero-order valence-electron chi connectivity index (χ0n) is 15.9. The molecule has 2 fully saturated rings. The molecule has 0 N–H and O–H groups in total. The maximum absolute atomic E-state index is 13.0. The van der Waals surface area contributed by atoms with Crippen LogP contribution >= 0.6 is 11.6 Å². The van der Waals surface area contributed by atoms with Gasteiger partial charge >= 0.3 is 0 Å². The molecule has 160 valence electrons. The van der Waals surface area contributed by atoms with Crippen LogP contribution in [0.3, 0.4) is 0 Å². The van der Waals surface area contributed by atoms with E-state index in [1.165, 1.54) is 28.6 Å². The predicted molar refractivity (Wildman–Crippen MR) is 115 cm³/mol. The molecule has 0 radical (unpaired) electrons. The number of anilines is 2. The number of carbonyl (C=O) groups is 1. The van der Waals surface area contributed by atoms with Crippen molar-refractivity contribution in [2.24, 2.45) is 0 Å². The quantitative estimate of drug-likeness (QED) is 0.678. The molecule has 2 aromatic rings. The summed E-state index contributed by atoms with van der Waals surface area (Å²) in [6.07, 6.45) is -0.0702. The van der Waals surface area contributed by atoms with Gasteiger partial charge < -0.3 is 4.90 Å². The Bertz CT molecular complexity index is 1170. The van der Waals surface area contributed by atoms with Crippen molar-refractivity contribution in [3.8, 4) is 0 Å². The van der Waals surface area contributed by atoms with Crippen LogP contribution in [0.5, 0.6) is 0 Å². The molecule has 30 heavy (non-hydrogen) atoms. The second kappa shape index (κ2) is 7.84. The number of rotatable bonds is 4. The van der Waals surface area contributed by atoms with Crippen molar-refractivity contribution in [2.75, 3.05) is 41.1 Å². The Kier molecular flexibility index (Phi) is 5.52. The van der Waals surface area contributed by atoms with Crippen LogP contribution in [0, 0.1) is 0 Å². The highest BCUT2D eigenvalue weighted by Gasteiger charge is 2.36. The van der Waals surface area contributed by atoms with Gasteiger partial charge in [0.25, 0.3) is 0 Å². The molecule has 0 unspecified atom stereocenters. The zero-order chi connectivity index (χ0) is 21.5. The first kappa shape index (κ1) is 21.1. The van der Waals surface area contributed by atoms with Crippen LogP contribution < -0.4 is 9.21 Å². The van der Waals surface area contributed by atoms with Crippen molar-refractivity contribution in [1.82, 2.24) is 4.31 Å². The van der Waals surface area contributed by atoms with Gasteiger partial charge in [-0.2, -0.15) is 4.31 Å². The van der Waals surface area contributed by atoms with Gasteiger partial charge in [-0.25, -0.2) is 21.1 Å². The van der Waals surface area contributed by atoms with Crippen molar-refractivity contribution in [1.29, 1.82) is 0 Å². The van der Waals surface area contributed by atoms with Crippen LogP contribution in [0.4, 0.5) is 11.4 Å². The Labute approximate surface area is 180 Å². The molecule has 0 aromatic heterocycles. The van der Waals surface area contributed by atoms with Gasteiger partial charge in [0.2, 0.25) is 26.0 Å². The van der Waals surface area contributed by atoms with E-state index in [2.05, 4.69) is 4.90 Å². The minimum Gasteiger partial charge on any atom is -0.369 e. The van der Waals surface area contributed by atoms with Gasteiger partial charge in [0, 0.05) is 43.3 Å². The van der Waals surface area contributed by atoms with Gasteiger partial charge in [-0.15, -0.1) is 0 Å². The Hall–Kier alpha value is -2.14. The number of amides is 1. The Morgan fingerprint density at radius 1 is 0.900 bits per heavy atom. The van der Waals surface area contributed by atoms with Gasteiger partial charge in [0.15, 0.2) is 0 Å². The van der Waals surface area contributed by atoms with Gasteiger partial charge in [-0.1, -0.05) is 17.7 Å². The van der Waals surface area contributed by atoms with Crippen LogP contribution in [0.15, 0.2) is 53.4 Å². The largest absolute Gasteiger partial charge is 0.369 e. The van der Waals surface area contributed by atoms with E-state index in [0.717, 1.165) is 9.99 Å². The molecule has 2 aliphatic heterocycles. The summed E-state index contributed by atoms with van der Waals surface area (Å²) in [5.41, 5.74) is 1.10. The normalized spacial score (nSPS) is 20.0. The molecule has 2 heterocycles. The summed E-state index contributed by atoms with van der Waals surface area (Å²) in [7, 11) is -7.42. The van der Waals surface area contributed by atoms with Crippen LogP contribution in [0.1, 0.15) is 6.42 Å². The van der Waals surface area contributed by atoms with Gasteiger partial charge in [0.1, 0.15) is 0 Å². The average molecular weight is 470 g/mol. The molecular formula is C19H20ClN3O5S2. The molecule has 0 aliphatic carbocycles. The van der Waals surface area contributed by atoms with E-state index < -0.39 is 26.0 Å². The monoisotopic (exact) mass is 469 g/mol. The molecule has 0 bridgehead atoms. The number of nitrogens with zero attached hydrogens (tertiary/aromatic N) is 3. The Morgan fingerprint density at radius 2 is 1.57 bits per heavy atom. The van der Waals surface area contributed by atoms with Crippen molar-refractivity contribution < 1.29 is 21.6 Å². The lowest BCUT2D eigenvalue weighted by Crippen LogP contribution is -2.48. The van der Waals surface area contributed by atoms with Crippen molar-refractivity contribution >= 4 is 48.9 Å². The third kappa shape index (κ3) is 3.92. The number of benzene rings is 2. The minimum atomic E-state index is -3.73. The highest BCUT2D eigenvalue weighted by Crippen LogP contribution is 2.28. The van der Waals surface area contributed by atoms with Crippen LogP contribution in [0.25, 0.3) is 0 Å². The van der Waals surface area contributed by atoms with E-state index >= 15 is 0 Å². The smallest absolute Gasteiger partial charge is 0.243 e. The SMILES string of the molecule is O=C1CCS(=O)(=O)N1c1ccc(S(=O)(=O)N2CCN(c3cccc(Cl)c3)CC2)cc1. The highest BCUT2D eigenvalue weighted by molar-refractivity contribution is 7.94. The summed E-state index contributed by atoms with van der Waals surface area (Å²) < 4.78 is 52.2. The number of piperazine rings is 1. The first-order valence-electron chi connectivity index (χ1n) is 9.35. The van der Waals surface area contributed by atoms with Crippen molar-refractivity contribution in [3.63, 3.8) is 0 Å². The summed E-state index contributed by atoms with van der Waals surface area (Å²) in [4.78, 5) is 14.0. The lowest BCUT2D eigenvalue weighted by Gasteiger charge is -2.35. The molecule has 8 nitrogen and oxygen atoms in total. The number of carbonyl (C=O) groups excluding carboxylic acids is 1. The topological polar surface area (TPSA) is 95.1 Å². The predicted octanol–water partition coefficient (Wildman–Crippen LogP) is 1.92. The molecule has 2 aliphatic rings. The van der Waals surface area contributed by atoms with Crippen LogP contribution in [-0.4, -0.2) is 59.0 Å². The molecule has 1 amide bonds. The van der Waals surface area contributed by atoms with Crippen molar-refractivity contribution in [2.45, 2.75) is 11.3 Å². The number of sulfonamides is 2. The van der Waals surface area contributed by atoms with Crippen LogP contribution in [-0.2, 0) is 24.8 Å².